The standard InChI is InChI=1S/C6H11BrO/c1-8-6-3-2-5(7)4-6/h5-6H,2-4H2,1H3/t5-,6+/m1/s1. The van der Waals surface area contributed by atoms with Gasteiger partial charge in [-0.2, -0.15) is 0 Å². The van der Waals surface area contributed by atoms with Gasteiger partial charge in [-0.15, -0.1) is 0 Å². The molecule has 0 amide bonds. The molecule has 1 aliphatic rings. The van der Waals surface area contributed by atoms with Crippen molar-refractivity contribution in [2.24, 2.45) is 0 Å². The predicted octanol–water partition coefficient (Wildman–Crippen LogP) is 1.95. The molecule has 0 N–H and O–H groups in total. The maximum absolute atomic E-state index is 5.15. The number of hydrogen-bond acceptors (Lipinski definition) is 1. The van der Waals surface area contributed by atoms with Crippen LogP contribution in [0.5, 0.6) is 0 Å². The first kappa shape index (κ1) is 6.56. The molecule has 0 aromatic rings. The van der Waals surface area contributed by atoms with Gasteiger partial charge in [0.05, 0.1) is 6.10 Å². The molecule has 2 heteroatoms. The van der Waals surface area contributed by atoms with Crippen molar-refractivity contribution in [3.63, 3.8) is 0 Å². The zero-order valence-electron chi connectivity index (χ0n) is 5.06. The highest BCUT2D eigenvalue weighted by Gasteiger charge is 2.21. The smallest absolute Gasteiger partial charge is 0.0582 e. The van der Waals surface area contributed by atoms with E-state index < -0.39 is 0 Å². The quantitative estimate of drug-likeness (QED) is 0.559. The van der Waals surface area contributed by atoms with Crippen molar-refractivity contribution in [2.45, 2.75) is 30.2 Å². The molecule has 1 nitrogen and oxygen atoms in total. The summed E-state index contributed by atoms with van der Waals surface area (Å²) >= 11 is 3.54. The minimum absolute atomic E-state index is 0.527. The Labute approximate surface area is 58.5 Å². The van der Waals surface area contributed by atoms with Crippen molar-refractivity contribution >= 4 is 15.9 Å². The molecule has 0 radical (unpaired) electrons. The van der Waals surface area contributed by atoms with E-state index in [-0.39, 0.29) is 0 Å². The SMILES string of the molecule is CO[C@H]1CC[C@@H](Br)C1. The summed E-state index contributed by atoms with van der Waals surface area (Å²) in [4.78, 5) is 0.715. The van der Waals surface area contributed by atoms with Gasteiger partial charge in [-0.1, -0.05) is 15.9 Å². The fourth-order valence-electron chi connectivity index (χ4n) is 1.10. The Bertz CT molecular complexity index is 74.9. The predicted molar refractivity (Wildman–Crippen MR) is 37.4 cm³/mol. The van der Waals surface area contributed by atoms with Gasteiger partial charge in [0.15, 0.2) is 0 Å². The number of methoxy groups -OCH3 is 1. The molecular weight excluding hydrogens is 168 g/mol. The molecule has 0 unspecified atom stereocenters. The molecule has 0 saturated heterocycles. The third-order valence-corrected chi connectivity index (χ3v) is 2.49. The lowest BCUT2D eigenvalue weighted by Crippen LogP contribution is -2.03. The lowest BCUT2D eigenvalue weighted by Gasteiger charge is -2.03. The minimum atomic E-state index is 0.527. The van der Waals surface area contributed by atoms with Gasteiger partial charge in [0.1, 0.15) is 0 Å². The van der Waals surface area contributed by atoms with Crippen LogP contribution >= 0.6 is 15.9 Å². The van der Waals surface area contributed by atoms with Gasteiger partial charge in [0.2, 0.25) is 0 Å². The summed E-state index contributed by atoms with van der Waals surface area (Å²) in [5.74, 6) is 0. The first-order chi connectivity index (χ1) is 3.83. The van der Waals surface area contributed by atoms with Gasteiger partial charge >= 0.3 is 0 Å². The molecule has 48 valence electrons. The highest BCUT2D eigenvalue weighted by molar-refractivity contribution is 9.09. The second-order valence-corrected chi connectivity index (χ2v) is 3.56. The maximum Gasteiger partial charge on any atom is 0.0582 e. The summed E-state index contributed by atoms with van der Waals surface area (Å²) in [6.07, 6.45) is 4.22. The van der Waals surface area contributed by atoms with E-state index in [1.807, 2.05) is 0 Å². The van der Waals surface area contributed by atoms with Gasteiger partial charge in [0, 0.05) is 11.9 Å². The summed E-state index contributed by atoms with van der Waals surface area (Å²) in [7, 11) is 1.79. The van der Waals surface area contributed by atoms with E-state index >= 15 is 0 Å². The second kappa shape index (κ2) is 2.83. The molecule has 0 bridgehead atoms. The molecule has 0 aromatic heterocycles. The fourth-order valence-corrected chi connectivity index (χ4v) is 1.78. The van der Waals surface area contributed by atoms with Crippen LogP contribution in [0.4, 0.5) is 0 Å². The Hall–Kier alpha value is 0.440. The van der Waals surface area contributed by atoms with Gasteiger partial charge in [-0.05, 0) is 19.3 Å². The Morgan fingerprint density at radius 2 is 2.25 bits per heavy atom. The molecule has 1 saturated carbocycles. The van der Waals surface area contributed by atoms with Gasteiger partial charge in [-0.3, -0.25) is 0 Å². The van der Waals surface area contributed by atoms with Crippen LogP contribution in [0.2, 0.25) is 0 Å². The summed E-state index contributed by atoms with van der Waals surface area (Å²) < 4.78 is 5.15. The van der Waals surface area contributed by atoms with E-state index in [2.05, 4.69) is 15.9 Å². The molecule has 0 heterocycles. The summed E-state index contributed by atoms with van der Waals surface area (Å²) in [5, 5.41) is 0. The van der Waals surface area contributed by atoms with Crippen LogP contribution in [-0.4, -0.2) is 18.0 Å². The zero-order valence-corrected chi connectivity index (χ0v) is 6.65. The van der Waals surface area contributed by atoms with E-state index in [0.29, 0.717) is 10.9 Å². The van der Waals surface area contributed by atoms with Crippen LogP contribution in [0, 0.1) is 0 Å². The monoisotopic (exact) mass is 178 g/mol. The molecule has 1 aliphatic carbocycles. The first-order valence-corrected chi connectivity index (χ1v) is 3.91. The second-order valence-electron chi connectivity index (χ2n) is 2.27. The minimum Gasteiger partial charge on any atom is -0.381 e. The zero-order chi connectivity index (χ0) is 5.98. The molecule has 0 aromatic carbocycles. The van der Waals surface area contributed by atoms with E-state index in [1.165, 1.54) is 19.3 Å². The number of rotatable bonds is 1. The van der Waals surface area contributed by atoms with E-state index in [9.17, 15) is 0 Å². The molecule has 8 heavy (non-hydrogen) atoms. The van der Waals surface area contributed by atoms with Crippen molar-refractivity contribution in [3.8, 4) is 0 Å². The van der Waals surface area contributed by atoms with E-state index in [0.717, 1.165) is 0 Å². The average molecular weight is 179 g/mol. The van der Waals surface area contributed by atoms with Crippen molar-refractivity contribution in [3.05, 3.63) is 0 Å². The average Bonchev–Trinajstić information content (AvgIpc) is 2.14. The molecule has 2 atom stereocenters. The third-order valence-electron chi connectivity index (χ3n) is 1.65. The van der Waals surface area contributed by atoms with Gasteiger partial charge in [0.25, 0.3) is 0 Å². The van der Waals surface area contributed by atoms with E-state index in [4.69, 9.17) is 4.74 Å². The Morgan fingerprint density at radius 3 is 2.50 bits per heavy atom. The summed E-state index contributed by atoms with van der Waals surface area (Å²) in [5.41, 5.74) is 0. The van der Waals surface area contributed by atoms with Gasteiger partial charge < -0.3 is 4.74 Å². The largest absolute Gasteiger partial charge is 0.381 e. The number of ether oxygens (including phenoxy) is 1. The Kier molecular flexibility index (Phi) is 2.32. The Morgan fingerprint density at radius 1 is 1.50 bits per heavy atom. The van der Waals surface area contributed by atoms with Crippen LogP contribution in [0.3, 0.4) is 0 Å². The third kappa shape index (κ3) is 1.46. The summed E-state index contributed by atoms with van der Waals surface area (Å²) in [6, 6.07) is 0. The topological polar surface area (TPSA) is 9.23 Å². The van der Waals surface area contributed by atoms with Crippen LogP contribution in [-0.2, 0) is 4.74 Å². The van der Waals surface area contributed by atoms with Crippen molar-refractivity contribution in [1.29, 1.82) is 0 Å². The number of alkyl halides is 1. The summed E-state index contributed by atoms with van der Waals surface area (Å²) in [6.45, 7) is 0. The van der Waals surface area contributed by atoms with Crippen LogP contribution in [0.25, 0.3) is 0 Å². The molecule has 0 aliphatic heterocycles. The molecule has 1 fully saturated rings. The lowest BCUT2D eigenvalue weighted by molar-refractivity contribution is 0.109. The van der Waals surface area contributed by atoms with E-state index in [1.54, 1.807) is 7.11 Å². The van der Waals surface area contributed by atoms with Crippen molar-refractivity contribution in [1.82, 2.24) is 0 Å². The van der Waals surface area contributed by atoms with Crippen molar-refractivity contribution in [2.75, 3.05) is 7.11 Å². The normalized spacial score (nSPS) is 38.2. The van der Waals surface area contributed by atoms with Crippen LogP contribution in [0.1, 0.15) is 19.3 Å². The number of halogens is 1. The molecular formula is C6H11BrO. The number of hydrogen-bond donors (Lipinski definition) is 0. The van der Waals surface area contributed by atoms with Crippen molar-refractivity contribution < 1.29 is 4.74 Å². The Balaban J connectivity index is 2.22. The lowest BCUT2D eigenvalue weighted by atomic mass is 10.3. The molecule has 1 rings (SSSR count). The highest BCUT2D eigenvalue weighted by atomic mass is 79.9. The fraction of sp³-hybridized carbons (Fsp3) is 1.00. The maximum atomic E-state index is 5.15. The van der Waals surface area contributed by atoms with Crippen LogP contribution in [0.15, 0.2) is 0 Å². The first-order valence-electron chi connectivity index (χ1n) is 3.00. The van der Waals surface area contributed by atoms with Gasteiger partial charge in [-0.25, -0.2) is 0 Å². The highest BCUT2D eigenvalue weighted by Crippen LogP contribution is 2.26. The molecule has 0 spiro atoms. The van der Waals surface area contributed by atoms with Crippen LogP contribution < -0.4 is 0 Å².